The predicted octanol–water partition coefficient (Wildman–Crippen LogP) is 20.9. The zero-order chi connectivity index (χ0) is 74.6. The molecule has 0 saturated carbocycles. The van der Waals surface area contributed by atoms with Crippen LogP contribution in [0.1, 0.15) is 116 Å². The van der Waals surface area contributed by atoms with Crippen molar-refractivity contribution in [1.29, 1.82) is 0 Å². The van der Waals surface area contributed by atoms with Crippen LogP contribution in [0.25, 0.3) is 0 Å². The van der Waals surface area contributed by atoms with E-state index >= 15 is 0 Å². The average molecular weight is 1500 g/mol. The third-order valence-electron chi connectivity index (χ3n) is 21.5. The van der Waals surface area contributed by atoms with Gasteiger partial charge in [0.1, 0.15) is 0 Å². The fraction of sp³-hybridized carbons (Fsp3) is 0.484. The van der Waals surface area contributed by atoms with Crippen molar-refractivity contribution < 1.29 is 4.74 Å². The van der Waals surface area contributed by atoms with Crippen molar-refractivity contribution in [2.45, 2.75) is 286 Å². The molecule has 0 spiro atoms. The predicted molar refractivity (Wildman–Crippen MR) is 481 cm³/mol. The second-order valence-electron chi connectivity index (χ2n) is 39.6. The van der Waals surface area contributed by atoms with Gasteiger partial charge in [-0.05, 0) is 200 Å². The van der Waals surface area contributed by atoms with Crippen LogP contribution in [0.2, 0.25) is 157 Å². The highest BCUT2D eigenvalue weighted by Crippen LogP contribution is 2.25. The van der Waals surface area contributed by atoms with Crippen molar-refractivity contribution in [1.82, 2.24) is 0 Å². The van der Waals surface area contributed by atoms with Crippen molar-refractivity contribution in [3.8, 4) is 0 Å². The van der Waals surface area contributed by atoms with Crippen molar-refractivity contribution in [3.63, 3.8) is 0 Å². The molecule has 8 aromatic rings. The Kier molecular flexibility index (Phi) is 28.9. The van der Waals surface area contributed by atoms with Gasteiger partial charge in [0, 0.05) is 0 Å². The Balaban J connectivity index is 1.03. The summed E-state index contributed by atoms with van der Waals surface area (Å²) in [7, 11) is -11.7. The smallest absolute Gasteiger partial charge is 0.0775 e. The minimum atomic E-state index is -1.46. The summed E-state index contributed by atoms with van der Waals surface area (Å²) >= 11 is 0. The van der Waals surface area contributed by atoms with Crippen LogP contribution in [-0.2, 0) is 94.8 Å². The van der Waals surface area contributed by atoms with E-state index in [-0.39, 0.29) is 0 Å². The molecule has 0 bridgehead atoms. The van der Waals surface area contributed by atoms with Gasteiger partial charge in [0.2, 0.25) is 0 Å². The van der Waals surface area contributed by atoms with Gasteiger partial charge in [-0.1, -0.05) is 356 Å². The Labute approximate surface area is 633 Å². The first-order valence-corrected chi connectivity index (χ1v) is 68.1. The number of rotatable bonds is 37. The second-order valence-corrected chi connectivity index (χ2v) is 80.2. The molecule has 102 heavy (non-hydrogen) atoms. The first-order chi connectivity index (χ1) is 47.5. The molecular weight excluding hydrogens is 1360 g/mol. The van der Waals surface area contributed by atoms with Crippen LogP contribution >= 0.6 is 0 Å². The molecule has 0 radical (unpaired) electrons. The summed E-state index contributed by atoms with van der Waals surface area (Å²) in [4.78, 5) is 0. The van der Waals surface area contributed by atoms with E-state index in [9.17, 15) is 0 Å². The maximum Gasteiger partial charge on any atom is 0.0775 e. The van der Waals surface area contributed by atoms with Crippen LogP contribution in [0.15, 0.2) is 158 Å². The second kappa shape index (κ2) is 35.4. The summed E-state index contributed by atoms with van der Waals surface area (Å²) in [5, 5.41) is 13.0. The van der Waals surface area contributed by atoms with Gasteiger partial charge in [0.05, 0.1) is 77.8 Å². The lowest BCUT2D eigenvalue weighted by Crippen LogP contribution is -2.45. The quantitative estimate of drug-likeness (QED) is 0.0279. The number of aryl methyl sites for hydroxylation is 12. The Morgan fingerprint density at radius 2 is 0.333 bits per heavy atom. The molecule has 0 atom stereocenters. The third kappa shape index (κ3) is 26.7. The molecule has 0 saturated heterocycles. The Morgan fingerprint density at radius 3 is 0.500 bits per heavy atom. The summed E-state index contributed by atoms with van der Waals surface area (Å²) in [6.45, 7) is 61.9. The van der Waals surface area contributed by atoms with Gasteiger partial charge in [-0.3, -0.25) is 0 Å². The van der Waals surface area contributed by atoms with Crippen LogP contribution in [0.3, 0.4) is 0 Å². The van der Waals surface area contributed by atoms with Crippen LogP contribution in [0.5, 0.6) is 0 Å². The molecule has 0 aliphatic heterocycles. The zero-order valence-corrected chi connectivity index (χ0v) is 77.3. The summed E-state index contributed by atoms with van der Waals surface area (Å²) in [6, 6.07) is 65.1. The average Bonchev–Trinajstić information content (AvgIpc) is 0.825. The lowest BCUT2D eigenvalue weighted by atomic mass is 9.93. The molecule has 0 aliphatic carbocycles. The highest BCUT2D eigenvalue weighted by atomic mass is 28.3. The first-order valence-electron chi connectivity index (χ1n) is 40.1. The van der Waals surface area contributed by atoms with Crippen LogP contribution in [0, 0.1) is 0 Å². The van der Waals surface area contributed by atoms with E-state index in [4.69, 9.17) is 4.74 Å². The molecule has 0 unspecified atom stereocenters. The topological polar surface area (TPSA) is 9.23 Å². The molecule has 8 rings (SSSR count). The Morgan fingerprint density at radius 1 is 0.176 bits per heavy atom. The Hall–Kier alpha value is -4.54. The summed E-state index contributed by atoms with van der Waals surface area (Å²) in [5.74, 6) is 0. The molecule has 0 amide bonds. The fourth-order valence-corrected chi connectivity index (χ4v) is 24.8. The lowest BCUT2D eigenvalue weighted by molar-refractivity contribution is 0.124. The number of ether oxygens (including phenoxy) is 1. The van der Waals surface area contributed by atoms with Crippen LogP contribution in [-0.4, -0.2) is 71.2 Å². The van der Waals surface area contributed by atoms with Crippen molar-refractivity contribution in [2.75, 3.05) is 6.61 Å². The minimum absolute atomic E-state index is 0.656. The summed E-state index contributed by atoms with van der Waals surface area (Å²) in [6.07, 6.45) is 21.4. The fourth-order valence-electron chi connectivity index (χ4n) is 14.6. The third-order valence-corrected chi connectivity index (χ3v) is 37.6. The van der Waals surface area contributed by atoms with Gasteiger partial charge in [0.15, 0.2) is 0 Å². The van der Waals surface area contributed by atoms with Crippen LogP contribution < -0.4 is 41.5 Å². The normalized spacial score (nSPS) is 13.0. The molecule has 1 nitrogen and oxygen atoms in total. The van der Waals surface area contributed by atoms with Crippen molar-refractivity contribution >= 4 is 106 Å². The lowest BCUT2D eigenvalue weighted by Gasteiger charge is -2.24. The highest BCUT2D eigenvalue weighted by molar-refractivity contribution is 6.94. The monoisotopic (exact) mass is 1500 g/mol. The largest absolute Gasteiger partial charge is 0.376 e. The molecule has 550 valence electrons. The van der Waals surface area contributed by atoms with E-state index in [0.29, 0.717) is 6.61 Å². The molecule has 8 aromatic carbocycles. The van der Waals surface area contributed by atoms with Crippen molar-refractivity contribution in [3.05, 3.63) is 236 Å². The van der Waals surface area contributed by atoms with E-state index in [1.807, 2.05) is 0 Å². The van der Waals surface area contributed by atoms with Crippen molar-refractivity contribution in [2.24, 2.45) is 0 Å². The standard InChI is InChI=1S/C93H140OSi8/c1-95(2,3)86-59-81(60-87(67-86)96(4,5)6)44-30-40-75-50-73(51-76(54-75)41-31-45-82-61-88(97(7,8)9)68-89(62-82)98(10,11)12)36-28-38-79-56-80(58-85(57-79)48-49-94-71-72-34-26-25-27-35-72)39-29-37-74-52-77(42-32-46-83-63-90(99(13,14)15)69-91(64-83)100(16,17)18)55-78(53-74)43-33-47-84-65-92(101(19,20)21)70-93(66-84)102(22,23)24/h25-27,34-35,50-70H,28-33,36-49,71H2,1-24H3. The molecule has 0 heterocycles. The van der Waals surface area contributed by atoms with Gasteiger partial charge in [-0.15, -0.1) is 0 Å². The van der Waals surface area contributed by atoms with Gasteiger partial charge in [-0.2, -0.15) is 0 Å². The molecule has 9 heteroatoms. The van der Waals surface area contributed by atoms with E-state index in [1.54, 1.807) is 63.7 Å². The molecule has 0 aromatic heterocycles. The molecular formula is C93H140OSi8. The van der Waals surface area contributed by atoms with Crippen LogP contribution in [0.4, 0.5) is 0 Å². The van der Waals surface area contributed by atoms with E-state index in [1.165, 1.54) is 81.3 Å². The van der Waals surface area contributed by atoms with Gasteiger partial charge in [-0.25, -0.2) is 0 Å². The van der Waals surface area contributed by atoms with E-state index in [2.05, 4.69) is 315 Å². The van der Waals surface area contributed by atoms with E-state index in [0.717, 1.165) is 103 Å². The summed E-state index contributed by atoms with van der Waals surface area (Å²) in [5.41, 5.74) is 21.1. The van der Waals surface area contributed by atoms with Gasteiger partial charge in [0.25, 0.3) is 0 Å². The first kappa shape index (κ1) is 83.1. The number of hydrogen-bond donors (Lipinski definition) is 0. The highest BCUT2D eigenvalue weighted by Gasteiger charge is 2.28. The van der Waals surface area contributed by atoms with Gasteiger partial charge < -0.3 is 4.74 Å². The Bertz CT molecular complexity index is 3460. The minimum Gasteiger partial charge on any atom is -0.376 e. The SMILES string of the molecule is C[Si](C)(C)c1cc(CCCc2cc(CCCc3cc(CCCc4cc(CCCc5cc([Si](C)(C)C)cc([Si](C)(C)C)c5)cc(CCCc5cc([Si](C)(C)C)cc([Si](C)(C)C)c5)c4)cc(CCOCc4ccccc4)c3)cc(CCCc3cc([Si](C)(C)C)cc([Si](C)(C)C)c3)c2)cc([Si](C)(C)C)c1. The maximum absolute atomic E-state index is 6.40. The molecule has 0 aliphatic rings. The number of benzene rings is 8. The van der Waals surface area contributed by atoms with E-state index < -0.39 is 64.6 Å². The maximum atomic E-state index is 6.40. The van der Waals surface area contributed by atoms with Gasteiger partial charge >= 0.3 is 0 Å². The summed E-state index contributed by atoms with van der Waals surface area (Å²) < 4.78 is 6.40. The molecule has 0 N–H and O–H groups in total. The molecule has 0 fully saturated rings. The zero-order valence-electron chi connectivity index (χ0n) is 69.3. The number of hydrogen-bond acceptors (Lipinski definition) is 1.